The fraction of sp³-hybridized carbons (Fsp3) is 0.250. The summed E-state index contributed by atoms with van der Waals surface area (Å²) in [7, 11) is 0. The van der Waals surface area contributed by atoms with Crippen LogP contribution in [0.25, 0.3) is 0 Å². The number of nitrogens with one attached hydrogen (secondary N) is 1. The van der Waals surface area contributed by atoms with E-state index in [-0.39, 0.29) is 16.3 Å². The molecule has 5 nitrogen and oxygen atoms in total. The van der Waals surface area contributed by atoms with E-state index in [0.29, 0.717) is 6.42 Å². The highest BCUT2D eigenvalue weighted by atomic mass is 35.5. The smallest absolute Gasteiger partial charge is 0.283 e. The molecule has 0 fully saturated rings. The first-order valence-corrected chi connectivity index (χ1v) is 5.59. The minimum Gasteiger partial charge on any atom is -0.338 e. The molecule has 0 heterocycles. The van der Waals surface area contributed by atoms with Crippen LogP contribution in [0.2, 0.25) is 5.02 Å². The highest BCUT2D eigenvalue weighted by Crippen LogP contribution is 2.26. The second kappa shape index (κ2) is 6.03. The van der Waals surface area contributed by atoms with Crippen LogP contribution in [-0.4, -0.2) is 16.9 Å². The monoisotopic (exact) mass is 266 g/mol. The maximum absolute atomic E-state index is 11.9. The largest absolute Gasteiger partial charge is 0.338 e. The molecule has 1 rings (SSSR count). The summed E-state index contributed by atoms with van der Waals surface area (Å²) in [4.78, 5) is 22.1. The summed E-state index contributed by atoms with van der Waals surface area (Å²) < 4.78 is 0. The molecule has 0 aliphatic heterocycles. The zero-order chi connectivity index (χ0) is 13.7. The molecule has 1 aromatic carbocycles. The summed E-state index contributed by atoms with van der Waals surface area (Å²) in [5.41, 5.74) is -0.509. The van der Waals surface area contributed by atoms with Crippen molar-refractivity contribution in [2.24, 2.45) is 0 Å². The predicted octanol–water partition coefficient (Wildman–Crippen LogP) is 2.39. The number of hydrogen-bond acceptors (Lipinski definition) is 3. The van der Waals surface area contributed by atoms with Gasteiger partial charge >= 0.3 is 0 Å². The van der Waals surface area contributed by atoms with Gasteiger partial charge in [-0.1, -0.05) is 30.5 Å². The van der Waals surface area contributed by atoms with E-state index < -0.39 is 16.9 Å². The Morgan fingerprint density at radius 2 is 2.33 bits per heavy atom. The number of terminal acetylenes is 1. The van der Waals surface area contributed by atoms with Gasteiger partial charge in [-0.3, -0.25) is 14.9 Å². The first kappa shape index (κ1) is 14.0. The second-order valence-electron chi connectivity index (χ2n) is 3.49. The Labute approximate surface area is 109 Å². The topological polar surface area (TPSA) is 72.2 Å². The molecule has 0 bridgehead atoms. The van der Waals surface area contributed by atoms with E-state index in [1.54, 1.807) is 6.92 Å². The average molecular weight is 267 g/mol. The molecule has 1 aromatic rings. The molecule has 1 N–H and O–H groups in total. The number of benzene rings is 1. The van der Waals surface area contributed by atoms with Crippen LogP contribution in [0.1, 0.15) is 23.7 Å². The lowest BCUT2D eigenvalue weighted by atomic mass is 10.1. The molecule has 0 aliphatic rings. The number of halogens is 1. The molecular formula is C12H11ClN2O3. The molecule has 0 radical (unpaired) electrons. The molecule has 1 atom stereocenters. The Hall–Kier alpha value is -2.06. The molecule has 0 aromatic heterocycles. The standard InChI is InChI=1S/C12H11ClN2O3/c1-3-8(4-2)14-12(16)11-9(13)6-5-7-10(11)15(17)18/h1,5-8H,4H2,2H3,(H,14,16). The zero-order valence-electron chi connectivity index (χ0n) is 9.64. The van der Waals surface area contributed by atoms with Crippen LogP contribution in [0, 0.1) is 22.5 Å². The van der Waals surface area contributed by atoms with Gasteiger partial charge in [-0.25, -0.2) is 0 Å². The zero-order valence-corrected chi connectivity index (χ0v) is 10.4. The summed E-state index contributed by atoms with van der Waals surface area (Å²) in [5.74, 6) is 1.73. The Kier molecular flexibility index (Phi) is 4.69. The number of carbonyl (C=O) groups is 1. The fourth-order valence-corrected chi connectivity index (χ4v) is 1.64. The van der Waals surface area contributed by atoms with Crippen molar-refractivity contribution in [3.8, 4) is 12.3 Å². The number of carbonyl (C=O) groups excluding carboxylic acids is 1. The highest BCUT2D eigenvalue weighted by Gasteiger charge is 2.24. The van der Waals surface area contributed by atoms with Crippen LogP contribution < -0.4 is 5.32 Å². The molecule has 0 saturated heterocycles. The van der Waals surface area contributed by atoms with Crippen molar-refractivity contribution in [1.82, 2.24) is 5.32 Å². The van der Waals surface area contributed by atoms with Crippen molar-refractivity contribution in [3.63, 3.8) is 0 Å². The summed E-state index contributed by atoms with van der Waals surface area (Å²) in [6.07, 6.45) is 5.74. The van der Waals surface area contributed by atoms with Crippen molar-refractivity contribution < 1.29 is 9.72 Å². The Bertz CT molecular complexity index is 523. The van der Waals surface area contributed by atoms with Gasteiger partial charge in [0.25, 0.3) is 11.6 Å². The molecule has 1 unspecified atom stereocenters. The molecule has 0 spiro atoms. The van der Waals surface area contributed by atoms with Crippen LogP contribution in [-0.2, 0) is 0 Å². The van der Waals surface area contributed by atoms with Crippen LogP contribution in [0.4, 0.5) is 5.69 Å². The van der Waals surface area contributed by atoms with E-state index in [9.17, 15) is 14.9 Å². The Morgan fingerprint density at radius 3 is 2.83 bits per heavy atom. The number of nitrogens with zero attached hydrogens (tertiary/aromatic N) is 1. The summed E-state index contributed by atoms with van der Waals surface area (Å²) in [5, 5.41) is 13.4. The average Bonchev–Trinajstić information content (AvgIpc) is 2.35. The third-order valence-corrected chi connectivity index (χ3v) is 2.65. The number of nitro benzene ring substituents is 1. The SMILES string of the molecule is C#CC(CC)NC(=O)c1c(Cl)cccc1[N+](=O)[O-]. The number of rotatable bonds is 4. The lowest BCUT2D eigenvalue weighted by Gasteiger charge is -2.11. The van der Waals surface area contributed by atoms with Gasteiger partial charge in [0.2, 0.25) is 0 Å². The fourth-order valence-electron chi connectivity index (χ4n) is 1.38. The van der Waals surface area contributed by atoms with Gasteiger partial charge in [-0.15, -0.1) is 6.42 Å². The molecule has 94 valence electrons. The third-order valence-electron chi connectivity index (χ3n) is 2.33. The van der Waals surface area contributed by atoms with Crippen molar-refractivity contribution in [2.45, 2.75) is 19.4 Å². The van der Waals surface area contributed by atoms with Crippen molar-refractivity contribution in [2.75, 3.05) is 0 Å². The minimum atomic E-state index is -0.655. The Morgan fingerprint density at radius 1 is 1.67 bits per heavy atom. The van der Waals surface area contributed by atoms with Gasteiger partial charge in [0.15, 0.2) is 0 Å². The van der Waals surface area contributed by atoms with E-state index in [2.05, 4.69) is 11.2 Å². The summed E-state index contributed by atoms with van der Waals surface area (Å²) in [6.45, 7) is 1.80. The number of hydrogen-bond donors (Lipinski definition) is 1. The Balaban J connectivity index is 3.13. The predicted molar refractivity (Wildman–Crippen MR) is 68.5 cm³/mol. The van der Waals surface area contributed by atoms with E-state index in [4.69, 9.17) is 18.0 Å². The molecule has 0 saturated carbocycles. The normalized spacial score (nSPS) is 11.4. The van der Waals surface area contributed by atoms with E-state index in [1.807, 2.05) is 0 Å². The lowest BCUT2D eigenvalue weighted by molar-refractivity contribution is -0.385. The van der Waals surface area contributed by atoms with E-state index in [1.165, 1.54) is 18.2 Å². The van der Waals surface area contributed by atoms with Crippen molar-refractivity contribution >= 4 is 23.2 Å². The quantitative estimate of drug-likeness (QED) is 0.517. The third kappa shape index (κ3) is 2.99. The maximum atomic E-state index is 11.9. The van der Waals surface area contributed by atoms with E-state index in [0.717, 1.165) is 0 Å². The molecule has 1 amide bonds. The van der Waals surface area contributed by atoms with Gasteiger partial charge in [0, 0.05) is 6.07 Å². The van der Waals surface area contributed by atoms with Crippen LogP contribution in [0.5, 0.6) is 0 Å². The van der Waals surface area contributed by atoms with Crippen LogP contribution in [0.15, 0.2) is 18.2 Å². The molecule has 18 heavy (non-hydrogen) atoms. The van der Waals surface area contributed by atoms with Crippen LogP contribution in [0.3, 0.4) is 0 Å². The molecule has 0 aliphatic carbocycles. The minimum absolute atomic E-state index is 0.0218. The maximum Gasteiger partial charge on any atom is 0.283 e. The molecule has 6 heteroatoms. The van der Waals surface area contributed by atoms with Gasteiger partial charge in [0.05, 0.1) is 16.0 Å². The van der Waals surface area contributed by atoms with E-state index >= 15 is 0 Å². The van der Waals surface area contributed by atoms with Crippen molar-refractivity contribution in [3.05, 3.63) is 38.9 Å². The summed E-state index contributed by atoms with van der Waals surface area (Å²) in [6, 6.07) is 3.57. The summed E-state index contributed by atoms with van der Waals surface area (Å²) >= 11 is 5.82. The van der Waals surface area contributed by atoms with Gasteiger partial charge in [-0.2, -0.15) is 0 Å². The second-order valence-corrected chi connectivity index (χ2v) is 3.90. The van der Waals surface area contributed by atoms with Crippen LogP contribution >= 0.6 is 11.6 Å². The first-order chi connectivity index (χ1) is 8.51. The number of amides is 1. The van der Waals surface area contributed by atoms with Gasteiger partial charge < -0.3 is 5.32 Å². The molecular weight excluding hydrogens is 256 g/mol. The van der Waals surface area contributed by atoms with Crippen molar-refractivity contribution in [1.29, 1.82) is 0 Å². The highest BCUT2D eigenvalue weighted by molar-refractivity contribution is 6.34. The van der Waals surface area contributed by atoms with Gasteiger partial charge in [0.1, 0.15) is 5.56 Å². The van der Waals surface area contributed by atoms with Gasteiger partial charge in [-0.05, 0) is 12.5 Å². The first-order valence-electron chi connectivity index (χ1n) is 5.21. The lowest BCUT2D eigenvalue weighted by Crippen LogP contribution is -2.33. The number of nitro groups is 1.